The van der Waals surface area contributed by atoms with Crippen molar-refractivity contribution in [3.05, 3.63) is 11.9 Å². The number of aryl methyl sites for hydroxylation is 1. The van der Waals surface area contributed by atoms with Gasteiger partial charge in [-0.2, -0.15) is 0 Å². The van der Waals surface area contributed by atoms with Crippen molar-refractivity contribution in [1.82, 2.24) is 19.9 Å². The van der Waals surface area contributed by atoms with Crippen LogP contribution in [0.25, 0.3) is 0 Å². The maximum absolute atomic E-state index is 11.3. The van der Waals surface area contributed by atoms with Gasteiger partial charge in [-0.1, -0.05) is 5.21 Å². The van der Waals surface area contributed by atoms with Crippen LogP contribution in [0.4, 0.5) is 0 Å². The number of likely N-dealkylation sites (N-methyl/N-ethyl adjacent to an activating group) is 1. The fourth-order valence-electron chi connectivity index (χ4n) is 1.07. The van der Waals surface area contributed by atoms with Gasteiger partial charge in [0.1, 0.15) is 6.54 Å². The molecule has 0 atom stereocenters. The molecule has 6 nitrogen and oxygen atoms in total. The molecule has 0 aromatic carbocycles. The summed E-state index contributed by atoms with van der Waals surface area (Å²) in [7, 11) is 3.40. The van der Waals surface area contributed by atoms with Gasteiger partial charge >= 0.3 is 0 Å². The zero-order chi connectivity index (χ0) is 11.3. The normalized spacial score (nSPS) is 10.3. The van der Waals surface area contributed by atoms with Crippen LogP contribution in [0, 0.1) is 0 Å². The number of rotatable bonds is 5. The first-order valence-electron chi connectivity index (χ1n) is 4.83. The third-order valence-electron chi connectivity index (χ3n) is 1.97. The van der Waals surface area contributed by atoms with Gasteiger partial charge in [0.05, 0.1) is 5.69 Å². The maximum Gasteiger partial charge on any atom is 0.243 e. The summed E-state index contributed by atoms with van der Waals surface area (Å²) >= 11 is 0. The highest BCUT2D eigenvalue weighted by Crippen LogP contribution is 1.97. The van der Waals surface area contributed by atoms with E-state index >= 15 is 0 Å². The third-order valence-corrected chi connectivity index (χ3v) is 1.97. The Bertz CT molecular complexity index is 322. The molecule has 1 amide bonds. The number of carbonyl (C=O) groups is 1. The van der Waals surface area contributed by atoms with Crippen molar-refractivity contribution in [2.45, 2.75) is 19.4 Å². The first kappa shape index (κ1) is 11.6. The molecule has 0 saturated heterocycles. The van der Waals surface area contributed by atoms with E-state index in [1.807, 2.05) is 0 Å². The minimum absolute atomic E-state index is 0.0198. The minimum Gasteiger partial charge on any atom is -0.396 e. The molecule has 0 bridgehead atoms. The third kappa shape index (κ3) is 3.67. The van der Waals surface area contributed by atoms with Crippen LogP contribution < -0.4 is 0 Å². The second kappa shape index (κ2) is 5.45. The average Bonchev–Trinajstić information content (AvgIpc) is 2.62. The molecular formula is C9H16N4O2. The van der Waals surface area contributed by atoms with Crippen LogP contribution in [0.1, 0.15) is 12.1 Å². The summed E-state index contributed by atoms with van der Waals surface area (Å²) in [6, 6.07) is 0. The Morgan fingerprint density at radius 1 is 1.60 bits per heavy atom. The molecule has 0 fully saturated rings. The zero-order valence-corrected chi connectivity index (χ0v) is 9.05. The molecule has 1 rings (SSSR count). The molecule has 6 heteroatoms. The van der Waals surface area contributed by atoms with Crippen LogP contribution in [0.15, 0.2) is 6.20 Å². The fourth-order valence-corrected chi connectivity index (χ4v) is 1.07. The highest BCUT2D eigenvalue weighted by Gasteiger charge is 2.07. The largest absolute Gasteiger partial charge is 0.396 e. The number of hydrogen-bond donors (Lipinski definition) is 1. The van der Waals surface area contributed by atoms with E-state index in [1.54, 1.807) is 20.3 Å². The Balaban J connectivity index is 2.49. The molecule has 1 N–H and O–H groups in total. The van der Waals surface area contributed by atoms with E-state index in [0.29, 0.717) is 12.8 Å². The average molecular weight is 212 g/mol. The van der Waals surface area contributed by atoms with E-state index < -0.39 is 0 Å². The van der Waals surface area contributed by atoms with Crippen LogP contribution in [0.5, 0.6) is 0 Å². The summed E-state index contributed by atoms with van der Waals surface area (Å²) in [6.45, 7) is 0.350. The topological polar surface area (TPSA) is 71.2 Å². The van der Waals surface area contributed by atoms with Gasteiger partial charge in [0.2, 0.25) is 5.91 Å². The van der Waals surface area contributed by atoms with Gasteiger partial charge in [-0.15, -0.1) is 5.10 Å². The summed E-state index contributed by atoms with van der Waals surface area (Å²) in [6.07, 6.45) is 3.09. The Morgan fingerprint density at radius 3 is 2.93 bits per heavy atom. The molecule has 15 heavy (non-hydrogen) atoms. The lowest BCUT2D eigenvalue weighted by atomic mass is 10.3. The number of hydrogen-bond acceptors (Lipinski definition) is 4. The Hall–Kier alpha value is -1.43. The number of carbonyl (C=O) groups excluding carboxylic acids is 1. The first-order valence-corrected chi connectivity index (χ1v) is 4.83. The Labute approximate surface area is 88.5 Å². The van der Waals surface area contributed by atoms with Crippen molar-refractivity contribution < 1.29 is 9.90 Å². The van der Waals surface area contributed by atoms with Gasteiger partial charge in [-0.25, -0.2) is 4.68 Å². The van der Waals surface area contributed by atoms with E-state index in [9.17, 15) is 4.79 Å². The van der Waals surface area contributed by atoms with Crippen LogP contribution in [-0.2, 0) is 17.8 Å². The van der Waals surface area contributed by atoms with Crippen molar-refractivity contribution in [2.75, 3.05) is 20.7 Å². The summed E-state index contributed by atoms with van der Waals surface area (Å²) in [5.74, 6) is -0.0198. The maximum atomic E-state index is 11.3. The van der Waals surface area contributed by atoms with Crippen LogP contribution >= 0.6 is 0 Å². The zero-order valence-electron chi connectivity index (χ0n) is 9.05. The molecule has 1 aromatic rings. The van der Waals surface area contributed by atoms with Gasteiger partial charge in [0, 0.05) is 26.9 Å². The number of aromatic nitrogens is 3. The standard InChI is InChI=1S/C9H16N4O2/c1-12(2)9(15)7-13-6-8(10-11-13)4-3-5-14/h6,14H,3-5,7H2,1-2H3. The molecule has 1 aromatic heterocycles. The molecule has 84 valence electrons. The highest BCUT2D eigenvalue weighted by molar-refractivity contribution is 5.75. The molecule has 0 radical (unpaired) electrons. The van der Waals surface area contributed by atoms with Crippen molar-refractivity contribution in [2.24, 2.45) is 0 Å². The van der Waals surface area contributed by atoms with E-state index in [-0.39, 0.29) is 19.1 Å². The van der Waals surface area contributed by atoms with Crippen molar-refractivity contribution >= 4 is 5.91 Å². The highest BCUT2D eigenvalue weighted by atomic mass is 16.2. The van der Waals surface area contributed by atoms with Gasteiger partial charge in [0.15, 0.2) is 0 Å². The van der Waals surface area contributed by atoms with E-state index in [2.05, 4.69) is 10.3 Å². The minimum atomic E-state index is -0.0198. The summed E-state index contributed by atoms with van der Waals surface area (Å²) in [4.78, 5) is 12.8. The number of aliphatic hydroxyl groups excluding tert-OH is 1. The van der Waals surface area contributed by atoms with Crippen LogP contribution in [0.2, 0.25) is 0 Å². The Kier molecular flexibility index (Phi) is 4.23. The van der Waals surface area contributed by atoms with E-state index in [4.69, 9.17) is 5.11 Å². The quantitative estimate of drug-likeness (QED) is 0.700. The monoisotopic (exact) mass is 212 g/mol. The lowest BCUT2D eigenvalue weighted by molar-refractivity contribution is -0.129. The predicted octanol–water partition coefficient (Wildman–Crippen LogP) is -0.709. The molecule has 1 heterocycles. The molecule has 0 aliphatic rings. The summed E-state index contributed by atoms with van der Waals surface area (Å²) in [5.41, 5.74) is 0.801. The van der Waals surface area contributed by atoms with Crippen LogP contribution in [-0.4, -0.2) is 51.6 Å². The lowest BCUT2D eigenvalue weighted by Crippen LogP contribution is -2.26. The van der Waals surface area contributed by atoms with Crippen molar-refractivity contribution in [3.8, 4) is 0 Å². The Morgan fingerprint density at radius 2 is 2.33 bits per heavy atom. The van der Waals surface area contributed by atoms with E-state index in [1.165, 1.54) is 9.58 Å². The first-order chi connectivity index (χ1) is 7.13. The smallest absolute Gasteiger partial charge is 0.243 e. The van der Waals surface area contributed by atoms with Crippen molar-refractivity contribution in [3.63, 3.8) is 0 Å². The number of aliphatic hydroxyl groups is 1. The van der Waals surface area contributed by atoms with Gasteiger partial charge < -0.3 is 10.0 Å². The fraction of sp³-hybridized carbons (Fsp3) is 0.667. The number of amides is 1. The molecule has 0 aliphatic heterocycles. The van der Waals surface area contributed by atoms with Crippen molar-refractivity contribution in [1.29, 1.82) is 0 Å². The second-order valence-corrected chi connectivity index (χ2v) is 3.52. The van der Waals surface area contributed by atoms with Gasteiger partial charge in [-0.05, 0) is 12.8 Å². The SMILES string of the molecule is CN(C)C(=O)Cn1cc(CCCO)nn1. The summed E-state index contributed by atoms with van der Waals surface area (Å²) in [5, 5.41) is 16.4. The predicted molar refractivity (Wildman–Crippen MR) is 54.1 cm³/mol. The van der Waals surface area contributed by atoms with Crippen LogP contribution in [0.3, 0.4) is 0 Å². The van der Waals surface area contributed by atoms with Gasteiger partial charge in [-0.3, -0.25) is 4.79 Å². The summed E-state index contributed by atoms with van der Waals surface area (Å²) < 4.78 is 1.51. The molecule has 0 aliphatic carbocycles. The molecule has 0 spiro atoms. The van der Waals surface area contributed by atoms with E-state index in [0.717, 1.165) is 5.69 Å². The number of nitrogens with zero attached hydrogens (tertiary/aromatic N) is 4. The van der Waals surface area contributed by atoms with Gasteiger partial charge in [0.25, 0.3) is 0 Å². The molecule has 0 unspecified atom stereocenters. The molecular weight excluding hydrogens is 196 g/mol. The lowest BCUT2D eigenvalue weighted by Gasteiger charge is -2.08. The molecule has 0 saturated carbocycles. The second-order valence-electron chi connectivity index (χ2n) is 3.52.